The highest BCUT2D eigenvalue weighted by atomic mass is 127. The first-order valence-corrected chi connectivity index (χ1v) is 8.80. The summed E-state index contributed by atoms with van der Waals surface area (Å²) in [6.45, 7) is 6.82. The van der Waals surface area contributed by atoms with Crippen LogP contribution in [0.1, 0.15) is 17.8 Å². The zero-order valence-corrected chi connectivity index (χ0v) is 18.2. The number of methoxy groups -OCH3 is 2. The number of thiophene rings is 1. The number of rotatable bonds is 11. The van der Waals surface area contributed by atoms with Gasteiger partial charge in [0.15, 0.2) is 5.96 Å². The summed E-state index contributed by atoms with van der Waals surface area (Å²) in [6, 6.07) is 4.43. The molecule has 1 aromatic heterocycles. The Balaban J connectivity index is 0.00000529. The largest absolute Gasteiger partial charge is 0.383 e. The Labute approximate surface area is 167 Å². The third-order valence-corrected chi connectivity index (χ3v) is 4.41. The van der Waals surface area contributed by atoms with Gasteiger partial charge in [0, 0.05) is 38.7 Å². The van der Waals surface area contributed by atoms with Crippen LogP contribution in [0.5, 0.6) is 0 Å². The number of guanidine groups is 1. The molecule has 8 heteroatoms. The van der Waals surface area contributed by atoms with E-state index in [1.165, 1.54) is 4.88 Å². The molecule has 1 aromatic rings. The van der Waals surface area contributed by atoms with E-state index in [2.05, 4.69) is 52.0 Å². The summed E-state index contributed by atoms with van der Waals surface area (Å²) >= 11 is 1.75. The second-order valence-electron chi connectivity index (χ2n) is 5.33. The number of ether oxygens (including phenoxy) is 2. The first kappa shape index (κ1) is 23.6. The van der Waals surface area contributed by atoms with Gasteiger partial charge in [-0.3, -0.25) is 4.99 Å². The minimum Gasteiger partial charge on any atom is -0.383 e. The van der Waals surface area contributed by atoms with Gasteiger partial charge in [0.25, 0.3) is 0 Å². The van der Waals surface area contributed by atoms with Gasteiger partial charge in [0.2, 0.25) is 0 Å². The van der Waals surface area contributed by atoms with Crippen molar-refractivity contribution in [2.45, 2.75) is 13.0 Å². The number of halogens is 1. The topological polar surface area (TPSA) is 58.1 Å². The molecule has 0 radical (unpaired) electrons. The number of hydrogen-bond donors (Lipinski definition) is 2. The SMILES string of the molecule is COCCNC(=NCCN(C)CCOC)NC(C)c1cccs1.I. The molecule has 1 unspecified atom stereocenters. The van der Waals surface area contributed by atoms with Crippen LogP contribution in [-0.4, -0.2) is 71.5 Å². The minimum atomic E-state index is 0. The zero-order chi connectivity index (χ0) is 16.9. The Hall–Kier alpha value is -0.420. The maximum atomic E-state index is 5.09. The lowest BCUT2D eigenvalue weighted by molar-refractivity contribution is 0.163. The second-order valence-corrected chi connectivity index (χ2v) is 6.31. The van der Waals surface area contributed by atoms with Gasteiger partial charge in [-0.05, 0) is 25.4 Å². The first-order chi connectivity index (χ1) is 11.2. The zero-order valence-electron chi connectivity index (χ0n) is 15.1. The van der Waals surface area contributed by atoms with E-state index in [1.807, 2.05) is 0 Å². The van der Waals surface area contributed by atoms with Crippen molar-refractivity contribution >= 4 is 41.3 Å². The monoisotopic (exact) mass is 470 g/mol. The summed E-state index contributed by atoms with van der Waals surface area (Å²) in [7, 11) is 5.50. The molecule has 0 fully saturated rings. The Morgan fingerprint density at radius 1 is 1.29 bits per heavy atom. The molecule has 0 saturated carbocycles. The van der Waals surface area contributed by atoms with Crippen molar-refractivity contribution in [1.29, 1.82) is 0 Å². The van der Waals surface area contributed by atoms with E-state index in [0.717, 1.165) is 38.7 Å². The average molecular weight is 470 g/mol. The normalized spacial score (nSPS) is 12.8. The van der Waals surface area contributed by atoms with E-state index in [0.29, 0.717) is 6.61 Å². The van der Waals surface area contributed by atoms with Crippen molar-refractivity contribution in [3.05, 3.63) is 22.4 Å². The molecule has 0 spiro atoms. The Kier molecular flexibility index (Phi) is 14.6. The predicted octanol–water partition coefficient (Wildman–Crippen LogP) is 2.19. The Morgan fingerprint density at radius 2 is 2.04 bits per heavy atom. The average Bonchev–Trinajstić information content (AvgIpc) is 3.07. The third kappa shape index (κ3) is 10.4. The second kappa shape index (κ2) is 14.9. The smallest absolute Gasteiger partial charge is 0.191 e. The molecule has 0 bridgehead atoms. The molecule has 140 valence electrons. The summed E-state index contributed by atoms with van der Waals surface area (Å²) in [5.41, 5.74) is 0. The highest BCUT2D eigenvalue weighted by Crippen LogP contribution is 2.17. The number of nitrogens with one attached hydrogen (secondary N) is 2. The van der Waals surface area contributed by atoms with Gasteiger partial charge in [-0.15, -0.1) is 35.3 Å². The van der Waals surface area contributed by atoms with E-state index in [-0.39, 0.29) is 30.0 Å². The van der Waals surface area contributed by atoms with Crippen molar-refractivity contribution in [2.75, 3.05) is 60.7 Å². The lowest BCUT2D eigenvalue weighted by Crippen LogP contribution is -2.40. The molecular weight excluding hydrogens is 439 g/mol. The van der Waals surface area contributed by atoms with Crippen LogP contribution in [-0.2, 0) is 9.47 Å². The number of aliphatic imine (C=N–C) groups is 1. The van der Waals surface area contributed by atoms with Gasteiger partial charge in [0.1, 0.15) is 0 Å². The van der Waals surface area contributed by atoms with Crippen LogP contribution in [0.3, 0.4) is 0 Å². The molecule has 0 amide bonds. The fourth-order valence-electron chi connectivity index (χ4n) is 1.93. The Bertz CT molecular complexity index is 432. The molecular formula is C16H31IN4O2S. The summed E-state index contributed by atoms with van der Waals surface area (Å²) in [5, 5.41) is 8.84. The fourth-order valence-corrected chi connectivity index (χ4v) is 2.66. The maximum Gasteiger partial charge on any atom is 0.191 e. The number of likely N-dealkylation sites (N-methyl/N-ethyl adjacent to an activating group) is 1. The lowest BCUT2D eigenvalue weighted by Gasteiger charge is -2.18. The van der Waals surface area contributed by atoms with E-state index in [4.69, 9.17) is 9.47 Å². The van der Waals surface area contributed by atoms with Crippen molar-refractivity contribution in [3.8, 4) is 0 Å². The highest BCUT2D eigenvalue weighted by Gasteiger charge is 2.08. The van der Waals surface area contributed by atoms with Crippen LogP contribution >= 0.6 is 35.3 Å². The molecule has 0 saturated heterocycles. The van der Waals surface area contributed by atoms with Crippen LogP contribution < -0.4 is 10.6 Å². The van der Waals surface area contributed by atoms with Crippen LogP contribution in [0, 0.1) is 0 Å². The van der Waals surface area contributed by atoms with Gasteiger partial charge in [-0.2, -0.15) is 0 Å². The number of nitrogens with zero attached hydrogens (tertiary/aromatic N) is 2. The predicted molar refractivity (Wildman–Crippen MR) is 113 cm³/mol. The molecule has 0 aliphatic heterocycles. The van der Waals surface area contributed by atoms with Gasteiger partial charge in [-0.25, -0.2) is 0 Å². The summed E-state index contributed by atoms with van der Waals surface area (Å²) in [6.07, 6.45) is 0. The molecule has 0 aromatic carbocycles. The number of hydrogen-bond acceptors (Lipinski definition) is 5. The molecule has 6 nitrogen and oxygen atoms in total. The van der Waals surface area contributed by atoms with Crippen molar-refractivity contribution in [3.63, 3.8) is 0 Å². The fraction of sp³-hybridized carbons (Fsp3) is 0.688. The lowest BCUT2D eigenvalue weighted by atomic mass is 10.3. The quantitative estimate of drug-likeness (QED) is 0.225. The molecule has 0 aliphatic carbocycles. The standard InChI is InChI=1S/C16H30N4O2S.HI/c1-14(15-6-5-13-23-15)19-16(18-8-11-21-3)17-7-9-20(2)10-12-22-4;/h5-6,13-14H,7-12H2,1-4H3,(H2,17,18,19);1H. The highest BCUT2D eigenvalue weighted by molar-refractivity contribution is 14.0. The van der Waals surface area contributed by atoms with Crippen molar-refractivity contribution in [2.24, 2.45) is 4.99 Å². The van der Waals surface area contributed by atoms with Crippen LogP contribution in [0.2, 0.25) is 0 Å². The molecule has 2 N–H and O–H groups in total. The van der Waals surface area contributed by atoms with Gasteiger partial charge in [0.05, 0.1) is 25.8 Å². The van der Waals surface area contributed by atoms with Gasteiger partial charge < -0.3 is 25.0 Å². The maximum absolute atomic E-state index is 5.09. The molecule has 1 rings (SSSR count). The molecule has 1 heterocycles. The van der Waals surface area contributed by atoms with Crippen LogP contribution in [0.15, 0.2) is 22.5 Å². The van der Waals surface area contributed by atoms with E-state index in [1.54, 1.807) is 25.6 Å². The van der Waals surface area contributed by atoms with Crippen LogP contribution in [0.4, 0.5) is 0 Å². The third-order valence-electron chi connectivity index (χ3n) is 3.35. The molecule has 1 atom stereocenters. The van der Waals surface area contributed by atoms with E-state index >= 15 is 0 Å². The molecule has 0 aliphatic rings. The minimum absolute atomic E-state index is 0. The summed E-state index contributed by atoms with van der Waals surface area (Å²) in [5.74, 6) is 0.822. The summed E-state index contributed by atoms with van der Waals surface area (Å²) in [4.78, 5) is 8.16. The van der Waals surface area contributed by atoms with E-state index < -0.39 is 0 Å². The Morgan fingerprint density at radius 3 is 2.67 bits per heavy atom. The van der Waals surface area contributed by atoms with Crippen LogP contribution in [0.25, 0.3) is 0 Å². The van der Waals surface area contributed by atoms with Gasteiger partial charge in [-0.1, -0.05) is 6.07 Å². The molecule has 24 heavy (non-hydrogen) atoms. The van der Waals surface area contributed by atoms with Crippen molar-refractivity contribution in [1.82, 2.24) is 15.5 Å². The summed E-state index contributed by atoms with van der Waals surface area (Å²) < 4.78 is 10.2. The van der Waals surface area contributed by atoms with E-state index in [9.17, 15) is 0 Å². The van der Waals surface area contributed by atoms with Gasteiger partial charge >= 0.3 is 0 Å². The first-order valence-electron chi connectivity index (χ1n) is 7.92. The van der Waals surface area contributed by atoms with Crippen molar-refractivity contribution < 1.29 is 9.47 Å².